The van der Waals surface area contributed by atoms with E-state index in [1.807, 2.05) is 20.8 Å². The van der Waals surface area contributed by atoms with Gasteiger partial charge in [-0.1, -0.05) is 20.8 Å². The largest absolute Gasteiger partial charge is 0.411 e. The molecule has 0 aliphatic rings. The molecule has 3 unspecified atom stereocenters. The van der Waals surface area contributed by atoms with Gasteiger partial charge in [-0.2, -0.15) is 0 Å². The molecule has 6 heteroatoms. The molecule has 23 heavy (non-hydrogen) atoms. The van der Waals surface area contributed by atoms with Gasteiger partial charge in [0.15, 0.2) is 6.29 Å². The lowest BCUT2D eigenvalue weighted by atomic mass is 10.3. The fourth-order valence-electron chi connectivity index (χ4n) is 2.67. The summed E-state index contributed by atoms with van der Waals surface area (Å²) in [5.41, 5.74) is -0.898. The maximum Gasteiger partial charge on any atom is 0.254 e. The fraction of sp³-hybridized carbons (Fsp3) is 1.00. The maximum atomic E-state index is 6.38. The van der Waals surface area contributed by atoms with Gasteiger partial charge in [-0.05, 0) is 46.2 Å². The highest BCUT2D eigenvalue weighted by Gasteiger charge is 2.57. The Labute approximate surface area is 144 Å². The van der Waals surface area contributed by atoms with Gasteiger partial charge in [0.25, 0.3) is 8.32 Å². The Morgan fingerprint density at radius 2 is 1.61 bits per heavy atom. The monoisotopic (exact) mass is 350 g/mol. The zero-order valence-electron chi connectivity index (χ0n) is 16.4. The molecule has 0 aliphatic heterocycles. The second-order valence-electron chi connectivity index (χ2n) is 6.16. The van der Waals surface area contributed by atoms with E-state index in [1.165, 1.54) is 0 Å². The van der Waals surface area contributed by atoms with Crippen LogP contribution in [-0.4, -0.2) is 53.1 Å². The lowest BCUT2D eigenvalue weighted by molar-refractivity contribution is -0.308. The van der Waals surface area contributed by atoms with Crippen molar-refractivity contribution in [3.05, 3.63) is 0 Å². The van der Waals surface area contributed by atoms with Crippen molar-refractivity contribution in [2.24, 2.45) is 0 Å². The van der Waals surface area contributed by atoms with E-state index in [9.17, 15) is 0 Å². The summed E-state index contributed by atoms with van der Waals surface area (Å²) in [4.78, 5) is 0. The first-order chi connectivity index (χ1) is 10.8. The van der Waals surface area contributed by atoms with Crippen LogP contribution in [0.25, 0.3) is 0 Å². The predicted octanol–water partition coefficient (Wildman–Crippen LogP) is 4.10. The number of hydrogen-bond acceptors (Lipinski definition) is 5. The third-order valence-electron chi connectivity index (χ3n) is 3.87. The first kappa shape index (κ1) is 23.0. The summed E-state index contributed by atoms with van der Waals surface area (Å²) in [6, 6.07) is 0. The van der Waals surface area contributed by atoms with E-state index in [4.69, 9.17) is 23.4 Å². The average Bonchev–Trinajstić information content (AvgIpc) is 2.52. The van der Waals surface area contributed by atoms with Crippen LogP contribution in [0.3, 0.4) is 0 Å². The number of rotatable bonds is 14. The summed E-state index contributed by atoms with van der Waals surface area (Å²) < 4.78 is 30.3. The van der Waals surface area contributed by atoms with E-state index in [2.05, 4.69) is 26.9 Å². The Kier molecular flexibility index (Phi) is 11.6. The molecule has 3 atom stereocenters. The first-order valence-corrected chi connectivity index (χ1v) is 11.9. The van der Waals surface area contributed by atoms with Crippen LogP contribution in [-0.2, 0) is 23.4 Å². The Balaban J connectivity index is 5.67. The van der Waals surface area contributed by atoms with Gasteiger partial charge >= 0.3 is 0 Å². The molecular formula is C17H38O5Si. The fourth-order valence-corrected chi connectivity index (χ4v) is 5.52. The summed E-state index contributed by atoms with van der Waals surface area (Å²) in [5, 5.41) is 0. The maximum absolute atomic E-state index is 6.38. The molecule has 140 valence electrons. The van der Waals surface area contributed by atoms with Crippen molar-refractivity contribution in [2.45, 2.75) is 84.8 Å². The molecule has 0 saturated heterocycles. The van der Waals surface area contributed by atoms with Crippen LogP contribution < -0.4 is 0 Å². The number of methoxy groups -OCH3 is 1. The van der Waals surface area contributed by atoms with Crippen molar-refractivity contribution in [3.63, 3.8) is 0 Å². The first-order valence-electron chi connectivity index (χ1n) is 8.95. The van der Waals surface area contributed by atoms with E-state index < -0.39 is 13.7 Å². The minimum Gasteiger partial charge on any atom is -0.411 e. The molecule has 0 rings (SSSR count). The van der Waals surface area contributed by atoms with Crippen molar-refractivity contribution in [1.82, 2.24) is 0 Å². The Hall–Kier alpha value is 0.0169. The van der Waals surface area contributed by atoms with Gasteiger partial charge in [-0.15, -0.1) is 0 Å². The van der Waals surface area contributed by atoms with Crippen LogP contribution in [0.2, 0.25) is 13.1 Å². The van der Waals surface area contributed by atoms with E-state index in [-0.39, 0.29) is 12.4 Å². The lowest BCUT2D eigenvalue weighted by Gasteiger charge is -2.48. The SMILES string of the molecule is CCCOC(C)C(OCCC)(OC(CC)OC)[Si](C)(C)OCC. The Bertz CT molecular complexity index is 297. The molecule has 0 N–H and O–H groups in total. The molecule has 0 aromatic heterocycles. The minimum absolute atomic E-state index is 0.230. The van der Waals surface area contributed by atoms with Gasteiger partial charge in [-0.3, -0.25) is 0 Å². The molecule has 5 nitrogen and oxygen atoms in total. The second-order valence-corrected chi connectivity index (χ2v) is 10.2. The second kappa shape index (κ2) is 11.6. The minimum atomic E-state index is -2.38. The highest BCUT2D eigenvalue weighted by Crippen LogP contribution is 2.35. The summed E-state index contributed by atoms with van der Waals surface area (Å²) in [6.07, 6.45) is 2.03. The van der Waals surface area contributed by atoms with Crippen LogP contribution in [0.4, 0.5) is 0 Å². The van der Waals surface area contributed by atoms with Gasteiger partial charge in [0.1, 0.15) is 6.10 Å². The highest BCUT2D eigenvalue weighted by molar-refractivity contribution is 6.73. The molecule has 0 aromatic carbocycles. The van der Waals surface area contributed by atoms with Gasteiger partial charge in [-0.25, -0.2) is 0 Å². The van der Waals surface area contributed by atoms with Crippen molar-refractivity contribution in [2.75, 3.05) is 26.9 Å². The van der Waals surface area contributed by atoms with Crippen LogP contribution >= 0.6 is 0 Å². The zero-order valence-corrected chi connectivity index (χ0v) is 17.4. The van der Waals surface area contributed by atoms with Crippen molar-refractivity contribution in [1.29, 1.82) is 0 Å². The van der Waals surface area contributed by atoms with Gasteiger partial charge in [0.05, 0.1) is 0 Å². The topological polar surface area (TPSA) is 46.2 Å². The average molecular weight is 351 g/mol. The molecule has 0 amide bonds. The Morgan fingerprint density at radius 1 is 1.00 bits per heavy atom. The van der Waals surface area contributed by atoms with Gasteiger partial charge in [0.2, 0.25) is 5.41 Å². The van der Waals surface area contributed by atoms with Crippen LogP contribution in [0.15, 0.2) is 0 Å². The summed E-state index contributed by atoms with van der Waals surface area (Å²) in [7, 11) is -0.720. The third kappa shape index (κ3) is 6.44. The zero-order chi connectivity index (χ0) is 17.9. The molecule has 0 bridgehead atoms. The molecule has 0 aromatic rings. The summed E-state index contributed by atoms with van der Waals surface area (Å²) in [6.45, 7) is 16.4. The number of ether oxygens (including phenoxy) is 4. The van der Waals surface area contributed by atoms with Crippen LogP contribution in [0.5, 0.6) is 0 Å². The standard InChI is InChI=1S/C17H38O5Si/c1-9-13-19-15(5)17(20-14-10-2,22-16(11-3)18-6)23(7,8)21-12-4/h15-16H,9-14H2,1-8H3. The van der Waals surface area contributed by atoms with E-state index in [0.29, 0.717) is 19.8 Å². The summed E-state index contributed by atoms with van der Waals surface area (Å²) in [5.74, 6) is 0. The number of hydrogen-bond donors (Lipinski definition) is 0. The summed E-state index contributed by atoms with van der Waals surface area (Å²) >= 11 is 0. The quantitative estimate of drug-likeness (QED) is 0.348. The van der Waals surface area contributed by atoms with Gasteiger partial charge < -0.3 is 23.4 Å². The smallest absolute Gasteiger partial charge is 0.254 e. The molecule has 0 radical (unpaired) electrons. The normalized spacial score (nSPS) is 17.7. The molecule has 0 fully saturated rings. The molecule has 0 heterocycles. The van der Waals surface area contributed by atoms with Crippen molar-refractivity contribution < 1.29 is 23.4 Å². The molecule has 0 aliphatic carbocycles. The lowest BCUT2D eigenvalue weighted by Crippen LogP contribution is -2.67. The van der Waals surface area contributed by atoms with Crippen molar-refractivity contribution in [3.8, 4) is 0 Å². The van der Waals surface area contributed by atoms with Crippen LogP contribution in [0.1, 0.15) is 53.9 Å². The van der Waals surface area contributed by atoms with Gasteiger partial charge in [0, 0.05) is 26.9 Å². The molecule has 0 spiro atoms. The van der Waals surface area contributed by atoms with Crippen LogP contribution in [0, 0.1) is 0 Å². The predicted molar refractivity (Wildman–Crippen MR) is 96.0 cm³/mol. The molecular weight excluding hydrogens is 312 g/mol. The Morgan fingerprint density at radius 3 is 2.04 bits per heavy atom. The third-order valence-corrected chi connectivity index (χ3v) is 7.23. The van der Waals surface area contributed by atoms with E-state index in [0.717, 1.165) is 19.3 Å². The van der Waals surface area contributed by atoms with E-state index in [1.54, 1.807) is 7.11 Å². The highest BCUT2D eigenvalue weighted by atomic mass is 28.4. The molecule has 0 saturated carbocycles. The van der Waals surface area contributed by atoms with E-state index >= 15 is 0 Å². The van der Waals surface area contributed by atoms with Crippen molar-refractivity contribution >= 4 is 8.32 Å².